The second-order valence-electron chi connectivity index (χ2n) is 5.87. The molecule has 3 rings (SSSR count). The molecule has 27 heavy (non-hydrogen) atoms. The van der Waals surface area contributed by atoms with Crippen molar-refractivity contribution in [3.8, 4) is 11.3 Å². The van der Waals surface area contributed by atoms with Crippen LogP contribution in [0.25, 0.3) is 11.3 Å². The average Bonchev–Trinajstić information content (AvgIpc) is 3.31. The van der Waals surface area contributed by atoms with Gasteiger partial charge in [-0.2, -0.15) is 0 Å². The lowest BCUT2D eigenvalue weighted by Gasteiger charge is -2.17. The van der Waals surface area contributed by atoms with E-state index in [1.165, 1.54) is 16.2 Å². The van der Waals surface area contributed by atoms with Gasteiger partial charge in [-0.25, -0.2) is 4.98 Å². The molecule has 140 valence electrons. The third-order valence-electron chi connectivity index (χ3n) is 3.74. The zero-order valence-corrected chi connectivity index (χ0v) is 17.1. The number of hydrogen-bond donors (Lipinski definition) is 1. The fourth-order valence-electron chi connectivity index (χ4n) is 2.39. The molecule has 0 bridgehead atoms. The Hall–Kier alpha value is -2.52. The van der Waals surface area contributed by atoms with Crippen LogP contribution in [0.5, 0.6) is 0 Å². The quantitative estimate of drug-likeness (QED) is 0.622. The minimum Gasteiger partial charge on any atom is -0.444 e. The molecule has 3 aromatic rings. The number of likely N-dealkylation sites (N-methyl/N-ethyl adjacent to an activating group) is 1. The predicted molar refractivity (Wildman–Crippen MR) is 105 cm³/mol. The number of carbonyl (C=O) groups excluding carboxylic acids is 2. The summed E-state index contributed by atoms with van der Waals surface area (Å²) in [6, 6.07) is 6.70. The number of furan rings is 1. The molecule has 0 aliphatic heterocycles. The van der Waals surface area contributed by atoms with Gasteiger partial charge in [-0.1, -0.05) is 0 Å². The Bertz CT molecular complexity index is 941. The summed E-state index contributed by atoms with van der Waals surface area (Å²) in [5.74, 6) is -0.468. The van der Waals surface area contributed by atoms with Crippen LogP contribution in [-0.4, -0.2) is 40.3 Å². The summed E-state index contributed by atoms with van der Waals surface area (Å²) < 4.78 is 5.69. The summed E-state index contributed by atoms with van der Waals surface area (Å²) in [5, 5.41) is 5.58. The van der Waals surface area contributed by atoms with E-state index in [9.17, 15) is 9.59 Å². The van der Waals surface area contributed by atoms with Crippen LogP contribution < -0.4 is 5.32 Å². The maximum atomic E-state index is 12.3. The lowest BCUT2D eigenvalue weighted by Crippen LogP contribution is -2.39. The van der Waals surface area contributed by atoms with Gasteiger partial charge in [0.2, 0.25) is 5.91 Å². The Morgan fingerprint density at radius 3 is 2.85 bits per heavy atom. The highest BCUT2D eigenvalue weighted by Gasteiger charge is 2.20. The molecule has 0 saturated carbocycles. The number of carbonyl (C=O) groups is 2. The van der Waals surface area contributed by atoms with Crippen LogP contribution in [0.4, 0.5) is 0 Å². The topological polar surface area (TPSA) is 88.3 Å². The van der Waals surface area contributed by atoms with Crippen LogP contribution in [0.3, 0.4) is 0 Å². The molecular weight excluding hydrogens is 432 g/mol. The molecule has 1 atom stereocenters. The van der Waals surface area contributed by atoms with Gasteiger partial charge in [0.05, 0.1) is 18.3 Å². The van der Waals surface area contributed by atoms with E-state index in [1.807, 2.05) is 24.4 Å². The van der Waals surface area contributed by atoms with Crippen molar-refractivity contribution in [1.82, 2.24) is 20.2 Å². The van der Waals surface area contributed by atoms with E-state index in [2.05, 4.69) is 31.2 Å². The predicted octanol–water partition coefficient (Wildman–Crippen LogP) is 3.51. The van der Waals surface area contributed by atoms with E-state index in [4.69, 9.17) is 4.42 Å². The highest BCUT2D eigenvalue weighted by atomic mass is 79.9. The number of aromatic nitrogens is 2. The maximum Gasteiger partial charge on any atom is 0.289 e. The number of rotatable bonds is 6. The van der Waals surface area contributed by atoms with Gasteiger partial charge < -0.3 is 14.6 Å². The second-order valence-corrected chi connectivity index (χ2v) is 7.54. The molecule has 3 heterocycles. The Balaban J connectivity index is 1.57. The molecule has 1 N–H and O–H groups in total. The van der Waals surface area contributed by atoms with Crippen LogP contribution >= 0.6 is 27.3 Å². The van der Waals surface area contributed by atoms with Crippen molar-refractivity contribution in [3.05, 3.63) is 57.5 Å². The van der Waals surface area contributed by atoms with Crippen molar-refractivity contribution in [2.75, 3.05) is 13.6 Å². The van der Waals surface area contributed by atoms with Gasteiger partial charge >= 0.3 is 0 Å². The lowest BCUT2D eigenvalue weighted by atomic mass is 10.2. The van der Waals surface area contributed by atoms with Crippen molar-refractivity contribution in [1.29, 1.82) is 0 Å². The van der Waals surface area contributed by atoms with Crippen molar-refractivity contribution < 1.29 is 14.0 Å². The highest BCUT2D eigenvalue weighted by Crippen LogP contribution is 2.24. The number of pyridine rings is 1. The van der Waals surface area contributed by atoms with E-state index in [0.717, 1.165) is 16.3 Å². The fourth-order valence-corrected chi connectivity index (χ4v) is 3.53. The first-order valence-corrected chi connectivity index (χ1v) is 9.77. The monoisotopic (exact) mass is 448 g/mol. The van der Waals surface area contributed by atoms with Gasteiger partial charge in [-0.15, -0.1) is 11.3 Å². The van der Waals surface area contributed by atoms with Crippen molar-refractivity contribution in [2.24, 2.45) is 0 Å². The minimum atomic E-state index is -0.364. The zero-order valence-electron chi connectivity index (χ0n) is 14.7. The Kier molecular flexibility index (Phi) is 6.02. The van der Waals surface area contributed by atoms with Gasteiger partial charge in [-0.3, -0.25) is 14.6 Å². The smallest absolute Gasteiger partial charge is 0.289 e. The molecule has 9 heteroatoms. The molecule has 7 nitrogen and oxygen atoms in total. The summed E-state index contributed by atoms with van der Waals surface area (Å²) in [4.78, 5) is 34.5. The van der Waals surface area contributed by atoms with Gasteiger partial charge in [0.25, 0.3) is 5.91 Å². The summed E-state index contributed by atoms with van der Waals surface area (Å²) in [7, 11) is 1.55. The fraction of sp³-hybridized carbons (Fsp3) is 0.222. The van der Waals surface area contributed by atoms with Crippen molar-refractivity contribution >= 4 is 39.1 Å². The molecule has 0 spiro atoms. The molecule has 0 saturated heterocycles. The standard InChI is InChI=1S/C18H17BrN4O3S/c1-11(17-22-13(10-27-17)12-4-3-7-20-8-12)21-16(24)9-23(2)18(25)14-5-6-15(19)26-14/h3-8,10-11H,9H2,1-2H3,(H,21,24). The number of nitrogens with one attached hydrogen (secondary N) is 1. The minimum absolute atomic E-state index is 0.0810. The highest BCUT2D eigenvalue weighted by molar-refractivity contribution is 9.10. The second kappa shape index (κ2) is 8.45. The molecule has 0 radical (unpaired) electrons. The Morgan fingerprint density at radius 2 is 2.19 bits per heavy atom. The Morgan fingerprint density at radius 1 is 1.37 bits per heavy atom. The number of hydrogen-bond acceptors (Lipinski definition) is 6. The first-order chi connectivity index (χ1) is 12.9. The van der Waals surface area contributed by atoms with E-state index in [-0.39, 0.29) is 30.2 Å². The molecule has 2 amide bonds. The summed E-state index contributed by atoms with van der Waals surface area (Å²) in [5.41, 5.74) is 1.74. The molecule has 0 fully saturated rings. The third kappa shape index (κ3) is 4.81. The number of nitrogens with zero attached hydrogens (tertiary/aromatic N) is 3. The largest absolute Gasteiger partial charge is 0.444 e. The van der Waals surface area contributed by atoms with Crippen LogP contribution in [0, 0.1) is 0 Å². The molecule has 1 unspecified atom stereocenters. The summed E-state index contributed by atoms with van der Waals surface area (Å²) in [6.07, 6.45) is 3.45. The van der Waals surface area contributed by atoms with Gasteiger partial charge in [0.1, 0.15) is 5.01 Å². The third-order valence-corrected chi connectivity index (χ3v) is 5.19. The van der Waals surface area contributed by atoms with Crippen LogP contribution in [0.2, 0.25) is 0 Å². The van der Waals surface area contributed by atoms with E-state index in [0.29, 0.717) is 4.67 Å². The summed E-state index contributed by atoms with van der Waals surface area (Å²) in [6.45, 7) is 1.78. The van der Waals surface area contributed by atoms with Crippen molar-refractivity contribution in [2.45, 2.75) is 13.0 Å². The normalized spacial score (nSPS) is 11.8. The van der Waals surface area contributed by atoms with Gasteiger partial charge in [-0.05, 0) is 47.1 Å². The average molecular weight is 449 g/mol. The van der Waals surface area contributed by atoms with Crippen LogP contribution in [-0.2, 0) is 4.79 Å². The van der Waals surface area contributed by atoms with Crippen molar-refractivity contribution in [3.63, 3.8) is 0 Å². The SMILES string of the molecule is CC(NC(=O)CN(C)C(=O)c1ccc(Br)o1)c1nc(-c2cccnc2)cs1. The molecule has 0 aliphatic rings. The number of amides is 2. The maximum absolute atomic E-state index is 12.3. The molecule has 0 aliphatic carbocycles. The van der Waals surface area contributed by atoms with Gasteiger partial charge in [0, 0.05) is 30.4 Å². The van der Waals surface area contributed by atoms with Crippen LogP contribution in [0.1, 0.15) is 28.5 Å². The van der Waals surface area contributed by atoms with Crippen LogP contribution in [0.15, 0.2) is 51.1 Å². The van der Waals surface area contributed by atoms with E-state index >= 15 is 0 Å². The first-order valence-electron chi connectivity index (χ1n) is 8.10. The lowest BCUT2D eigenvalue weighted by molar-refractivity contribution is -0.122. The van der Waals surface area contributed by atoms with E-state index < -0.39 is 0 Å². The zero-order chi connectivity index (χ0) is 19.4. The Labute approximate surface area is 168 Å². The summed E-state index contributed by atoms with van der Waals surface area (Å²) >= 11 is 4.62. The van der Waals surface area contributed by atoms with Gasteiger partial charge in [0.15, 0.2) is 10.4 Å². The van der Waals surface area contributed by atoms with E-state index in [1.54, 1.807) is 31.6 Å². The first kappa shape index (κ1) is 19.2. The molecule has 0 aromatic carbocycles. The number of halogens is 1. The molecular formula is C18H17BrN4O3S. The number of thiazole rings is 1. The molecule has 3 aromatic heterocycles.